The van der Waals surface area contributed by atoms with Crippen molar-refractivity contribution in [1.82, 2.24) is 19.7 Å². The molecule has 132 valence electrons. The largest absolute Gasteiger partial charge is 0.504 e. The van der Waals surface area contributed by atoms with Gasteiger partial charge in [-0.1, -0.05) is 48.5 Å². The molecule has 0 aliphatic heterocycles. The van der Waals surface area contributed by atoms with Gasteiger partial charge in [-0.3, -0.25) is 4.79 Å². The summed E-state index contributed by atoms with van der Waals surface area (Å²) >= 11 is 0. The Morgan fingerprint density at radius 2 is 1.56 bits per heavy atom. The molecule has 0 unspecified atom stereocenters. The van der Waals surface area contributed by atoms with E-state index in [-0.39, 0.29) is 11.4 Å². The molecule has 0 radical (unpaired) electrons. The number of nitrogens with one attached hydrogen (secondary N) is 1. The Balaban J connectivity index is 1.52. The van der Waals surface area contributed by atoms with Gasteiger partial charge in [-0.25, -0.2) is 14.6 Å². The van der Waals surface area contributed by atoms with Gasteiger partial charge in [0.15, 0.2) is 17.3 Å². The third-order valence-corrected chi connectivity index (χ3v) is 3.87. The first-order chi connectivity index (χ1) is 13.2. The Hall–Kier alpha value is -4.00. The Bertz CT molecular complexity index is 1060. The third-order valence-electron chi connectivity index (χ3n) is 3.87. The highest BCUT2D eigenvalue weighted by molar-refractivity contribution is 6.04. The predicted molar refractivity (Wildman–Crippen MR) is 101 cm³/mol. The van der Waals surface area contributed by atoms with Crippen molar-refractivity contribution in [2.45, 2.75) is 0 Å². The molecule has 27 heavy (non-hydrogen) atoms. The van der Waals surface area contributed by atoms with E-state index >= 15 is 0 Å². The van der Waals surface area contributed by atoms with Crippen molar-refractivity contribution in [2.24, 2.45) is 0 Å². The number of nitrogens with zero attached hydrogens (tertiary/aromatic N) is 4. The topological polar surface area (TPSA) is 92.9 Å². The van der Waals surface area contributed by atoms with Crippen molar-refractivity contribution < 1.29 is 9.90 Å². The molecule has 0 fully saturated rings. The first-order valence-electron chi connectivity index (χ1n) is 8.23. The number of hydrogen-bond acceptors (Lipinski definition) is 5. The molecule has 2 aromatic carbocycles. The van der Waals surface area contributed by atoms with Crippen LogP contribution < -0.4 is 5.32 Å². The number of rotatable bonds is 4. The molecule has 2 heterocycles. The average molecular weight is 357 g/mol. The lowest BCUT2D eigenvalue weighted by atomic mass is 10.2. The van der Waals surface area contributed by atoms with Gasteiger partial charge in [-0.2, -0.15) is 5.10 Å². The number of carbonyl (C=O) groups excluding carboxylic acids is 1. The van der Waals surface area contributed by atoms with Crippen LogP contribution in [0.5, 0.6) is 5.75 Å². The highest BCUT2D eigenvalue weighted by atomic mass is 16.3. The van der Waals surface area contributed by atoms with Crippen LogP contribution in [-0.4, -0.2) is 30.8 Å². The Kier molecular flexibility index (Phi) is 4.32. The second-order valence-electron chi connectivity index (χ2n) is 5.76. The van der Waals surface area contributed by atoms with E-state index in [9.17, 15) is 9.90 Å². The molecule has 0 aliphatic rings. The molecule has 4 aromatic rings. The summed E-state index contributed by atoms with van der Waals surface area (Å²) in [5, 5.41) is 16.9. The van der Waals surface area contributed by atoms with Crippen molar-refractivity contribution in [3.05, 3.63) is 84.9 Å². The SMILES string of the molecule is O=C(Nc1cnc(-c2ccccc2)nc1)c1nn(-c2ccccc2)cc1O. The first-order valence-corrected chi connectivity index (χ1v) is 8.23. The molecule has 0 saturated heterocycles. The summed E-state index contributed by atoms with van der Waals surface area (Å²) in [5.41, 5.74) is 1.95. The van der Waals surface area contributed by atoms with Crippen molar-refractivity contribution in [2.75, 3.05) is 5.32 Å². The minimum atomic E-state index is -0.543. The lowest BCUT2D eigenvalue weighted by Gasteiger charge is -2.04. The number of amides is 1. The summed E-state index contributed by atoms with van der Waals surface area (Å²) in [6, 6.07) is 18.7. The Morgan fingerprint density at radius 1 is 0.926 bits per heavy atom. The highest BCUT2D eigenvalue weighted by Crippen LogP contribution is 2.20. The first kappa shape index (κ1) is 16.5. The normalized spacial score (nSPS) is 10.5. The average Bonchev–Trinajstić information content (AvgIpc) is 3.12. The maximum absolute atomic E-state index is 12.4. The molecule has 7 heteroatoms. The summed E-state index contributed by atoms with van der Waals surface area (Å²) in [6.45, 7) is 0. The molecule has 0 saturated carbocycles. The smallest absolute Gasteiger partial charge is 0.280 e. The molecular formula is C20H15N5O2. The molecule has 1 amide bonds. The number of anilines is 1. The summed E-state index contributed by atoms with van der Waals surface area (Å²) < 4.78 is 1.44. The van der Waals surface area contributed by atoms with Gasteiger partial charge in [-0.05, 0) is 12.1 Å². The van der Waals surface area contributed by atoms with Gasteiger partial charge in [0, 0.05) is 5.56 Å². The lowest BCUT2D eigenvalue weighted by molar-refractivity contribution is 0.101. The van der Waals surface area contributed by atoms with E-state index in [1.165, 1.54) is 23.3 Å². The number of aromatic hydroxyl groups is 1. The fraction of sp³-hybridized carbons (Fsp3) is 0. The number of para-hydroxylation sites is 1. The summed E-state index contributed by atoms with van der Waals surface area (Å²) in [5.74, 6) is -0.193. The maximum atomic E-state index is 12.4. The van der Waals surface area contributed by atoms with E-state index in [0.29, 0.717) is 11.5 Å². The highest BCUT2D eigenvalue weighted by Gasteiger charge is 2.17. The minimum Gasteiger partial charge on any atom is -0.504 e. The van der Waals surface area contributed by atoms with Crippen molar-refractivity contribution in [3.63, 3.8) is 0 Å². The van der Waals surface area contributed by atoms with Crippen molar-refractivity contribution >= 4 is 11.6 Å². The van der Waals surface area contributed by atoms with E-state index in [0.717, 1.165) is 11.3 Å². The van der Waals surface area contributed by atoms with Gasteiger partial charge < -0.3 is 10.4 Å². The summed E-state index contributed by atoms with van der Waals surface area (Å²) in [7, 11) is 0. The second-order valence-corrected chi connectivity index (χ2v) is 5.76. The van der Waals surface area contributed by atoms with Crippen LogP contribution in [0.15, 0.2) is 79.3 Å². The molecular weight excluding hydrogens is 342 g/mol. The summed E-state index contributed by atoms with van der Waals surface area (Å²) in [4.78, 5) is 20.9. The molecule has 2 aromatic heterocycles. The molecule has 7 nitrogen and oxygen atoms in total. The van der Waals surface area contributed by atoms with Crippen LogP contribution in [0.3, 0.4) is 0 Å². The van der Waals surface area contributed by atoms with Gasteiger partial charge in [0.2, 0.25) is 0 Å². The fourth-order valence-corrected chi connectivity index (χ4v) is 2.56. The van der Waals surface area contributed by atoms with E-state index < -0.39 is 5.91 Å². The van der Waals surface area contributed by atoms with Crippen molar-refractivity contribution in [1.29, 1.82) is 0 Å². The second kappa shape index (κ2) is 7.09. The minimum absolute atomic E-state index is 0.0778. The number of aromatic nitrogens is 4. The molecule has 0 bridgehead atoms. The van der Waals surface area contributed by atoms with Crippen LogP contribution in [0.2, 0.25) is 0 Å². The molecule has 2 N–H and O–H groups in total. The molecule has 0 atom stereocenters. The van der Waals surface area contributed by atoms with E-state index in [4.69, 9.17) is 0 Å². The maximum Gasteiger partial charge on any atom is 0.280 e. The zero-order valence-corrected chi connectivity index (χ0v) is 14.1. The van der Waals surface area contributed by atoms with E-state index in [2.05, 4.69) is 20.4 Å². The zero-order chi connectivity index (χ0) is 18.6. The Morgan fingerprint density at radius 3 is 2.22 bits per heavy atom. The van der Waals surface area contributed by atoms with Crippen LogP contribution in [0, 0.1) is 0 Å². The number of hydrogen-bond donors (Lipinski definition) is 2. The molecule has 4 rings (SSSR count). The van der Waals surface area contributed by atoms with Crippen LogP contribution >= 0.6 is 0 Å². The van der Waals surface area contributed by atoms with Gasteiger partial charge in [0.25, 0.3) is 5.91 Å². The monoisotopic (exact) mass is 357 g/mol. The van der Waals surface area contributed by atoms with E-state index in [1.807, 2.05) is 60.7 Å². The van der Waals surface area contributed by atoms with Gasteiger partial charge in [0.05, 0.1) is 30.0 Å². The van der Waals surface area contributed by atoms with Crippen LogP contribution in [0.4, 0.5) is 5.69 Å². The van der Waals surface area contributed by atoms with E-state index in [1.54, 1.807) is 0 Å². The third kappa shape index (κ3) is 3.52. The van der Waals surface area contributed by atoms with Gasteiger partial charge in [0.1, 0.15) is 0 Å². The Labute approximate surface area is 155 Å². The molecule has 0 spiro atoms. The van der Waals surface area contributed by atoms with Crippen molar-refractivity contribution in [3.8, 4) is 22.8 Å². The number of benzene rings is 2. The van der Waals surface area contributed by atoms with Crippen LogP contribution in [-0.2, 0) is 0 Å². The van der Waals surface area contributed by atoms with Crippen LogP contribution in [0.25, 0.3) is 17.1 Å². The quantitative estimate of drug-likeness (QED) is 0.585. The fourth-order valence-electron chi connectivity index (χ4n) is 2.56. The molecule has 0 aliphatic carbocycles. The zero-order valence-electron chi connectivity index (χ0n) is 14.1. The number of carbonyl (C=O) groups is 1. The lowest BCUT2D eigenvalue weighted by Crippen LogP contribution is -2.14. The van der Waals surface area contributed by atoms with Gasteiger partial charge >= 0.3 is 0 Å². The van der Waals surface area contributed by atoms with Gasteiger partial charge in [-0.15, -0.1) is 0 Å². The van der Waals surface area contributed by atoms with Crippen LogP contribution in [0.1, 0.15) is 10.5 Å². The predicted octanol–water partition coefficient (Wildman–Crippen LogP) is 3.29. The summed E-state index contributed by atoms with van der Waals surface area (Å²) in [6.07, 6.45) is 4.41. The standard InChI is InChI=1S/C20H15N5O2/c26-17-13-25(16-9-5-2-6-10-16)24-18(17)20(27)23-15-11-21-19(22-12-15)14-7-3-1-4-8-14/h1-13,26H,(H,23,27).